The van der Waals surface area contributed by atoms with Crippen molar-refractivity contribution in [1.82, 2.24) is 5.01 Å². The zero-order chi connectivity index (χ0) is 19.8. The molecule has 1 amide bonds. The smallest absolute Gasteiger partial charge is 0.362 e. The molecule has 0 bridgehead atoms. The fourth-order valence-electron chi connectivity index (χ4n) is 2.64. The third-order valence-corrected chi connectivity index (χ3v) is 4.04. The molecular weight excluding hydrogens is 367 g/mol. The number of halogens is 3. The van der Waals surface area contributed by atoms with E-state index in [1.807, 2.05) is 0 Å². The van der Waals surface area contributed by atoms with Gasteiger partial charge in [-0.1, -0.05) is 30.3 Å². The van der Waals surface area contributed by atoms with Crippen LogP contribution in [0.5, 0.6) is 0 Å². The number of nitro groups is 1. The van der Waals surface area contributed by atoms with E-state index in [1.165, 1.54) is 42.5 Å². The van der Waals surface area contributed by atoms with Crippen molar-refractivity contribution in [2.24, 2.45) is 5.10 Å². The zero-order valence-corrected chi connectivity index (χ0v) is 13.6. The van der Waals surface area contributed by atoms with E-state index in [0.29, 0.717) is 0 Å². The lowest BCUT2D eigenvalue weighted by molar-refractivity contribution is -0.384. The van der Waals surface area contributed by atoms with Crippen LogP contribution in [-0.2, 0) is 0 Å². The molecule has 0 spiro atoms. The Morgan fingerprint density at radius 3 is 2.44 bits per heavy atom. The lowest BCUT2D eigenvalue weighted by Gasteiger charge is -2.32. The Hall–Kier alpha value is -3.27. The van der Waals surface area contributed by atoms with Crippen LogP contribution in [0.25, 0.3) is 0 Å². The SMILES string of the molecule is O=C(c1ccccc1)N1N=C(c2cccc([N+](=O)[O-])c2)C[C@]1(O)C(F)(F)F. The van der Waals surface area contributed by atoms with Gasteiger partial charge in [0.1, 0.15) is 0 Å². The first-order chi connectivity index (χ1) is 12.6. The van der Waals surface area contributed by atoms with Crippen molar-refractivity contribution in [3.05, 3.63) is 75.8 Å². The number of hydrogen-bond donors (Lipinski definition) is 1. The van der Waals surface area contributed by atoms with Crippen molar-refractivity contribution in [3.63, 3.8) is 0 Å². The van der Waals surface area contributed by atoms with Gasteiger partial charge in [0.25, 0.3) is 17.3 Å². The summed E-state index contributed by atoms with van der Waals surface area (Å²) in [7, 11) is 0. The standard InChI is InChI=1S/C17H12F3N3O4/c18-17(19,20)16(25)10-14(12-7-4-8-13(9-12)23(26)27)21-22(16)15(24)11-5-2-1-3-6-11/h1-9,25H,10H2/t16-/m0/s1. The van der Waals surface area contributed by atoms with E-state index in [-0.39, 0.29) is 27.5 Å². The van der Waals surface area contributed by atoms with Crippen LogP contribution in [0.2, 0.25) is 0 Å². The van der Waals surface area contributed by atoms with E-state index >= 15 is 0 Å². The molecule has 1 N–H and O–H groups in total. The van der Waals surface area contributed by atoms with Crippen LogP contribution < -0.4 is 0 Å². The second-order valence-electron chi connectivity index (χ2n) is 5.83. The van der Waals surface area contributed by atoms with Crippen molar-refractivity contribution >= 4 is 17.3 Å². The van der Waals surface area contributed by atoms with Gasteiger partial charge in [-0.25, -0.2) is 0 Å². The molecule has 1 heterocycles. The molecule has 0 unspecified atom stereocenters. The van der Waals surface area contributed by atoms with Crippen molar-refractivity contribution in [2.45, 2.75) is 18.3 Å². The first kappa shape index (κ1) is 18.5. The Bertz CT molecular complexity index is 931. The van der Waals surface area contributed by atoms with Gasteiger partial charge in [-0.05, 0) is 12.1 Å². The molecule has 1 atom stereocenters. The lowest BCUT2D eigenvalue weighted by atomic mass is 10.00. The van der Waals surface area contributed by atoms with E-state index in [9.17, 15) is 33.2 Å². The third kappa shape index (κ3) is 3.26. The number of non-ortho nitro benzene ring substituents is 1. The summed E-state index contributed by atoms with van der Waals surface area (Å²) in [4.78, 5) is 22.7. The van der Waals surface area contributed by atoms with E-state index in [1.54, 1.807) is 6.07 Å². The molecule has 2 aromatic carbocycles. The maximum absolute atomic E-state index is 13.5. The fourth-order valence-corrected chi connectivity index (χ4v) is 2.64. The second kappa shape index (κ2) is 6.47. The molecule has 0 radical (unpaired) electrons. The maximum atomic E-state index is 13.5. The minimum absolute atomic E-state index is 0.00948. The zero-order valence-electron chi connectivity index (χ0n) is 13.6. The number of nitro benzene ring substituents is 1. The molecule has 7 nitrogen and oxygen atoms in total. The highest BCUT2D eigenvalue weighted by molar-refractivity contribution is 6.05. The van der Waals surface area contributed by atoms with Crippen LogP contribution in [0.15, 0.2) is 59.7 Å². The van der Waals surface area contributed by atoms with Gasteiger partial charge >= 0.3 is 6.18 Å². The van der Waals surface area contributed by atoms with Crippen molar-refractivity contribution in [2.75, 3.05) is 0 Å². The highest BCUT2D eigenvalue weighted by Crippen LogP contribution is 2.42. The lowest BCUT2D eigenvalue weighted by Crippen LogP contribution is -2.56. The van der Waals surface area contributed by atoms with Gasteiger partial charge in [-0.2, -0.15) is 23.3 Å². The molecule has 27 heavy (non-hydrogen) atoms. The van der Waals surface area contributed by atoms with E-state index in [0.717, 1.165) is 6.07 Å². The largest absolute Gasteiger partial charge is 0.438 e. The van der Waals surface area contributed by atoms with Crippen LogP contribution >= 0.6 is 0 Å². The first-order valence-electron chi connectivity index (χ1n) is 7.64. The van der Waals surface area contributed by atoms with Crippen molar-refractivity contribution in [1.29, 1.82) is 0 Å². The average Bonchev–Trinajstić information content (AvgIpc) is 3.01. The Balaban J connectivity index is 2.06. The van der Waals surface area contributed by atoms with E-state index in [2.05, 4.69) is 5.10 Å². The topological polar surface area (TPSA) is 96.0 Å². The molecule has 1 aliphatic rings. The Labute approximate surface area is 150 Å². The van der Waals surface area contributed by atoms with E-state index < -0.39 is 29.2 Å². The van der Waals surface area contributed by atoms with E-state index in [4.69, 9.17) is 0 Å². The van der Waals surface area contributed by atoms with Gasteiger partial charge in [-0.15, -0.1) is 0 Å². The van der Waals surface area contributed by atoms with Crippen LogP contribution in [0, 0.1) is 10.1 Å². The summed E-state index contributed by atoms with van der Waals surface area (Å²) < 4.78 is 40.6. The fraction of sp³-hybridized carbons (Fsp3) is 0.176. The molecule has 140 valence electrons. The summed E-state index contributed by atoms with van der Waals surface area (Å²) >= 11 is 0. The van der Waals surface area contributed by atoms with Crippen LogP contribution in [0.3, 0.4) is 0 Å². The summed E-state index contributed by atoms with van der Waals surface area (Å²) in [5, 5.41) is 24.8. The number of benzene rings is 2. The van der Waals surface area contributed by atoms with Crippen molar-refractivity contribution in [3.8, 4) is 0 Å². The molecule has 0 aliphatic carbocycles. The van der Waals surface area contributed by atoms with Crippen LogP contribution in [0.4, 0.5) is 18.9 Å². The quantitative estimate of drug-likeness (QED) is 0.655. The number of hydrogen-bond acceptors (Lipinski definition) is 5. The minimum atomic E-state index is -5.19. The Kier molecular flexibility index (Phi) is 4.44. The highest BCUT2D eigenvalue weighted by atomic mass is 19.4. The van der Waals surface area contributed by atoms with Gasteiger partial charge in [0.05, 0.1) is 17.1 Å². The molecule has 0 saturated heterocycles. The summed E-state index contributed by atoms with van der Waals surface area (Å²) in [5.41, 5.74) is -4.28. The predicted octanol–water partition coefficient (Wildman–Crippen LogP) is 3.10. The summed E-state index contributed by atoms with van der Waals surface area (Å²) in [6, 6.07) is 11.9. The first-order valence-corrected chi connectivity index (χ1v) is 7.64. The minimum Gasteiger partial charge on any atom is -0.362 e. The number of amides is 1. The number of carbonyl (C=O) groups excluding carboxylic acids is 1. The normalized spacial score (nSPS) is 19.7. The van der Waals surface area contributed by atoms with Crippen LogP contribution in [0.1, 0.15) is 22.3 Å². The molecule has 0 saturated carbocycles. The third-order valence-electron chi connectivity index (χ3n) is 4.04. The number of alkyl halides is 3. The molecule has 2 aromatic rings. The summed E-state index contributed by atoms with van der Waals surface area (Å²) in [6.45, 7) is 0. The van der Waals surface area contributed by atoms with Gasteiger partial charge in [0.15, 0.2) is 0 Å². The molecule has 0 aromatic heterocycles. The molecule has 1 aliphatic heterocycles. The van der Waals surface area contributed by atoms with Gasteiger partial charge < -0.3 is 5.11 Å². The van der Waals surface area contributed by atoms with Crippen molar-refractivity contribution < 1.29 is 28.0 Å². The summed E-state index contributed by atoms with van der Waals surface area (Å²) in [6.07, 6.45) is -6.24. The number of aliphatic hydroxyl groups is 1. The monoisotopic (exact) mass is 379 g/mol. The van der Waals surface area contributed by atoms with Gasteiger partial charge in [0.2, 0.25) is 0 Å². The number of carbonyl (C=O) groups is 1. The Morgan fingerprint density at radius 2 is 1.85 bits per heavy atom. The molecular formula is C17H12F3N3O4. The Morgan fingerprint density at radius 1 is 1.19 bits per heavy atom. The highest BCUT2D eigenvalue weighted by Gasteiger charge is 2.63. The number of nitrogens with zero attached hydrogens (tertiary/aromatic N) is 3. The molecule has 10 heteroatoms. The van der Waals surface area contributed by atoms with Gasteiger partial charge in [-0.3, -0.25) is 14.9 Å². The number of hydrazone groups is 1. The summed E-state index contributed by atoms with van der Waals surface area (Å²) in [5.74, 6) is -1.14. The number of rotatable bonds is 3. The van der Waals surface area contributed by atoms with Crippen LogP contribution in [-0.4, -0.2) is 38.6 Å². The maximum Gasteiger partial charge on any atom is 0.438 e. The van der Waals surface area contributed by atoms with Gasteiger partial charge in [0, 0.05) is 23.3 Å². The predicted molar refractivity (Wildman–Crippen MR) is 87.9 cm³/mol. The molecule has 0 fully saturated rings. The average molecular weight is 379 g/mol. The molecule has 3 rings (SSSR count). The second-order valence-corrected chi connectivity index (χ2v) is 5.83.